The predicted molar refractivity (Wildman–Crippen MR) is 129 cm³/mol. The molecular formula is C25H22BFO7. The van der Waals surface area contributed by atoms with E-state index in [9.17, 15) is 25.5 Å². The number of fused-ring (bicyclic) bond motifs is 1. The quantitative estimate of drug-likeness (QED) is 0.178. The van der Waals surface area contributed by atoms with E-state index in [1.807, 2.05) is 0 Å². The van der Waals surface area contributed by atoms with Gasteiger partial charge in [0.05, 0.1) is 25.2 Å². The summed E-state index contributed by atoms with van der Waals surface area (Å²) in [7, 11) is 4.32. The number of aromatic hydroxyl groups is 5. The fraction of sp³-hybridized carbons (Fsp3) is 0.120. The molecule has 0 aromatic heterocycles. The van der Waals surface area contributed by atoms with Gasteiger partial charge in [-0.2, -0.15) is 0 Å². The van der Waals surface area contributed by atoms with Crippen molar-refractivity contribution < 1.29 is 39.4 Å². The molecular weight excluding hydrogens is 442 g/mol. The molecule has 0 aliphatic heterocycles. The molecule has 34 heavy (non-hydrogen) atoms. The summed E-state index contributed by atoms with van der Waals surface area (Å²) in [5.41, 5.74) is 0.325. The van der Waals surface area contributed by atoms with Crippen LogP contribution < -0.4 is 14.9 Å². The van der Waals surface area contributed by atoms with E-state index < -0.39 is 34.6 Å². The van der Waals surface area contributed by atoms with Crippen LogP contribution in [0.3, 0.4) is 0 Å². The van der Waals surface area contributed by atoms with Crippen LogP contribution in [0.2, 0.25) is 0 Å². The van der Waals surface area contributed by atoms with E-state index in [-0.39, 0.29) is 38.5 Å². The number of ether oxygens (including phenoxy) is 2. The molecule has 174 valence electrons. The summed E-state index contributed by atoms with van der Waals surface area (Å²) in [6, 6.07) is 9.52. The van der Waals surface area contributed by atoms with Crippen molar-refractivity contribution in [2.75, 3.05) is 14.2 Å². The molecule has 0 aliphatic carbocycles. The van der Waals surface area contributed by atoms with Crippen molar-refractivity contribution in [1.82, 2.24) is 0 Å². The zero-order valence-electron chi connectivity index (χ0n) is 18.9. The topological polar surface area (TPSA) is 120 Å². The van der Waals surface area contributed by atoms with Crippen LogP contribution in [0.5, 0.6) is 40.2 Å². The van der Waals surface area contributed by atoms with Gasteiger partial charge in [-0.3, -0.25) is 0 Å². The Morgan fingerprint density at radius 3 is 1.74 bits per heavy atom. The van der Waals surface area contributed by atoms with Crippen LogP contribution in [0.1, 0.15) is 5.56 Å². The summed E-state index contributed by atoms with van der Waals surface area (Å²) in [6.45, 7) is 1.33. The molecule has 5 N–H and O–H groups in total. The van der Waals surface area contributed by atoms with E-state index in [2.05, 4.69) is 0 Å². The fourth-order valence-electron chi connectivity index (χ4n) is 4.28. The van der Waals surface area contributed by atoms with E-state index in [1.54, 1.807) is 24.3 Å². The molecule has 0 atom stereocenters. The Bertz CT molecular complexity index is 1440. The highest BCUT2D eigenvalue weighted by Crippen LogP contribution is 2.52. The lowest BCUT2D eigenvalue weighted by Crippen LogP contribution is -2.10. The van der Waals surface area contributed by atoms with Crippen LogP contribution in [0.4, 0.5) is 4.39 Å². The Labute approximate surface area is 195 Å². The van der Waals surface area contributed by atoms with Crippen LogP contribution in [0.15, 0.2) is 36.4 Å². The van der Waals surface area contributed by atoms with Crippen LogP contribution >= 0.6 is 0 Å². The number of hydrogen-bond donors (Lipinski definition) is 5. The highest BCUT2D eigenvalue weighted by Gasteiger charge is 2.28. The lowest BCUT2D eigenvalue weighted by atomic mass is 9.80. The van der Waals surface area contributed by atoms with E-state index in [1.165, 1.54) is 41.1 Å². The van der Waals surface area contributed by atoms with Crippen molar-refractivity contribution in [2.45, 2.75) is 6.92 Å². The van der Waals surface area contributed by atoms with Gasteiger partial charge < -0.3 is 35.0 Å². The van der Waals surface area contributed by atoms with Crippen molar-refractivity contribution in [3.05, 3.63) is 47.8 Å². The monoisotopic (exact) mass is 464 g/mol. The van der Waals surface area contributed by atoms with Crippen molar-refractivity contribution in [3.8, 4) is 62.5 Å². The predicted octanol–water partition coefficient (Wildman–Crippen LogP) is 3.42. The first kappa shape index (κ1) is 22.9. The maximum atomic E-state index is 16.2. The first-order valence-electron chi connectivity index (χ1n) is 10.3. The number of hydrogen-bond acceptors (Lipinski definition) is 7. The number of methoxy groups -OCH3 is 2. The molecule has 0 radical (unpaired) electrons. The van der Waals surface area contributed by atoms with Gasteiger partial charge >= 0.3 is 0 Å². The third kappa shape index (κ3) is 3.12. The summed E-state index contributed by atoms with van der Waals surface area (Å²) in [4.78, 5) is 0. The van der Waals surface area contributed by atoms with E-state index in [0.717, 1.165) is 0 Å². The lowest BCUT2D eigenvalue weighted by molar-refractivity contribution is 0.393. The molecule has 4 rings (SSSR count). The van der Waals surface area contributed by atoms with Gasteiger partial charge in [0.15, 0.2) is 23.0 Å². The largest absolute Gasteiger partial charge is 0.507 e. The molecule has 0 heterocycles. The van der Waals surface area contributed by atoms with Crippen molar-refractivity contribution in [3.63, 3.8) is 0 Å². The summed E-state index contributed by atoms with van der Waals surface area (Å²) in [6.07, 6.45) is 0. The highest BCUT2D eigenvalue weighted by molar-refractivity contribution is 6.41. The van der Waals surface area contributed by atoms with Gasteiger partial charge in [-0.25, -0.2) is 4.39 Å². The Balaban J connectivity index is 2.18. The average molecular weight is 464 g/mol. The molecule has 0 aliphatic rings. The third-order valence-electron chi connectivity index (χ3n) is 6.06. The minimum absolute atomic E-state index is 0.0124. The molecule has 7 nitrogen and oxygen atoms in total. The lowest BCUT2D eigenvalue weighted by Gasteiger charge is -2.20. The molecule has 0 fully saturated rings. The van der Waals surface area contributed by atoms with Gasteiger partial charge in [-0.05, 0) is 30.1 Å². The van der Waals surface area contributed by atoms with Gasteiger partial charge in [-0.15, -0.1) is 0 Å². The van der Waals surface area contributed by atoms with Gasteiger partial charge in [0.2, 0.25) is 0 Å². The summed E-state index contributed by atoms with van der Waals surface area (Å²) in [5, 5.41) is 52.3. The summed E-state index contributed by atoms with van der Waals surface area (Å²) < 4.78 is 27.0. The molecule has 0 spiro atoms. The van der Waals surface area contributed by atoms with Crippen molar-refractivity contribution in [2.24, 2.45) is 0 Å². The van der Waals surface area contributed by atoms with Crippen LogP contribution in [-0.2, 0) is 0 Å². The minimum Gasteiger partial charge on any atom is -0.507 e. The molecule has 9 heteroatoms. The van der Waals surface area contributed by atoms with Gasteiger partial charge in [0, 0.05) is 22.1 Å². The zero-order valence-corrected chi connectivity index (χ0v) is 18.9. The third-order valence-corrected chi connectivity index (χ3v) is 6.06. The fourth-order valence-corrected chi connectivity index (χ4v) is 4.28. The summed E-state index contributed by atoms with van der Waals surface area (Å²) >= 11 is 0. The number of halogens is 1. The Kier molecular flexibility index (Phi) is 5.57. The first-order chi connectivity index (χ1) is 16.1. The SMILES string of the molecule is Bc1c(O)c(O)c2c(O)c(C)c(O)c(O)c2c1-c1cccc(-c2c(OC)cccc2OC)c1F. The number of rotatable bonds is 4. The number of phenolic OH excluding ortho intramolecular Hbond substituents is 5. The highest BCUT2D eigenvalue weighted by atomic mass is 19.1. The maximum Gasteiger partial charge on any atom is 0.168 e. The Morgan fingerprint density at radius 2 is 1.18 bits per heavy atom. The van der Waals surface area contributed by atoms with E-state index >= 15 is 4.39 Å². The Morgan fingerprint density at radius 1 is 0.676 bits per heavy atom. The number of benzene rings is 4. The van der Waals surface area contributed by atoms with E-state index in [4.69, 9.17) is 9.47 Å². The first-order valence-corrected chi connectivity index (χ1v) is 10.3. The van der Waals surface area contributed by atoms with Gasteiger partial charge in [0.25, 0.3) is 0 Å². The molecule has 0 amide bonds. The second-order valence-electron chi connectivity index (χ2n) is 7.82. The van der Waals surface area contributed by atoms with Crippen LogP contribution in [0, 0.1) is 12.7 Å². The second-order valence-corrected chi connectivity index (χ2v) is 7.82. The zero-order chi connectivity index (χ0) is 24.9. The second kappa shape index (κ2) is 8.26. The molecule has 0 unspecified atom stereocenters. The molecule has 0 bridgehead atoms. The van der Waals surface area contributed by atoms with Crippen LogP contribution in [0.25, 0.3) is 33.0 Å². The van der Waals surface area contributed by atoms with Crippen LogP contribution in [-0.4, -0.2) is 47.6 Å². The average Bonchev–Trinajstić information content (AvgIpc) is 2.84. The van der Waals surface area contributed by atoms with Gasteiger partial charge in [0.1, 0.15) is 30.9 Å². The molecule has 4 aromatic rings. The van der Waals surface area contributed by atoms with Crippen molar-refractivity contribution in [1.29, 1.82) is 0 Å². The standard InChI is InChI=1S/C25H22BFO7/c1-10-21(28)18-17(23(30)22(10)29)16(19(26)25(32)24(18)31)12-7-4-6-11(20(12)27)15-13(33-2)8-5-9-14(15)34-3/h4-9,28-32H,26H2,1-3H3. The normalized spacial score (nSPS) is 11.1. The van der Waals surface area contributed by atoms with Crippen molar-refractivity contribution >= 4 is 24.1 Å². The van der Waals surface area contributed by atoms with Gasteiger partial charge in [-0.1, -0.05) is 24.3 Å². The maximum absolute atomic E-state index is 16.2. The molecule has 0 saturated heterocycles. The molecule has 0 saturated carbocycles. The summed E-state index contributed by atoms with van der Waals surface area (Å²) in [5.74, 6) is -3.16. The molecule has 4 aromatic carbocycles. The smallest absolute Gasteiger partial charge is 0.168 e. The Hall–Kier alpha value is -4.27. The minimum atomic E-state index is -0.737. The van der Waals surface area contributed by atoms with E-state index in [0.29, 0.717) is 17.1 Å². The number of phenols is 5.